The number of carbonyl (C=O) groups is 2. The number of hydrogen-bond donors (Lipinski definition) is 0. The molecule has 0 unspecified atom stereocenters. The molecule has 2 rings (SSSR count). The first kappa shape index (κ1) is 19.2. The minimum absolute atomic E-state index is 0.218. The van der Waals surface area contributed by atoms with Crippen LogP contribution in [0.2, 0.25) is 0 Å². The molecule has 0 aromatic heterocycles. The van der Waals surface area contributed by atoms with E-state index < -0.39 is 11.9 Å². The van der Waals surface area contributed by atoms with Crippen LogP contribution in [-0.4, -0.2) is 31.8 Å². The standard InChI is InChI=1S/C19H21BrO5/c1-4-10-25-19(22)16-14-11-12(20)8-7-9-13(14)15(17(16)23-5-2)18(21)24-6-3/h7-9,11H,4-6,10H2,1-3H3. The molecule has 0 aliphatic heterocycles. The molecule has 0 saturated carbocycles. The van der Waals surface area contributed by atoms with Gasteiger partial charge in [0.25, 0.3) is 0 Å². The summed E-state index contributed by atoms with van der Waals surface area (Å²) in [7, 11) is 0. The normalized spacial score (nSPS) is 10.6. The maximum absolute atomic E-state index is 12.7. The summed E-state index contributed by atoms with van der Waals surface area (Å²) in [6.07, 6.45) is 0.705. The monoisotopic (exact) mass is 408 g/mol. The number of ether oxygens (including phenoxy) is 3. The second kappa shape index (κ2) is 8.85. The minimum atomic E-state index is -0.521. The zero-order chi connectivity index (χ0) is 18.4. The van der Waals surface area contributed by atoms with E-state index in [1.54, 1.807) is 32.0 Å². The van der Waals surface area contributed by atoms with Crippen LogP contribution >= 0.6 is 15.9 Å². The topological polar surface area (TPSA) is 61.8 Å². The highest BCUT2D eigenvalue weighted by Crippen LogP contribution is 2.43. The van der Waals surface area contributed by atoms with Gasteiger partial charge in [0.15, 0.2) is 0 Å². The first-order chi connectivity index (χ1) is 12.0. The van der Waals surface area contributed by atoms with Gasteiger partial charge in [-0.15, -0.1) is 0 Å². The molecule has 6 heteroatoms. The fourth-order valence-electron chi connectivity index (χ4n) is 2.55. The zero-order valence-corrected chi connectivity index (χ0v) is 16.1. The number of halogens is 1. The van der Waals surface area contributed by atoms with Crippen molar-refractivity contribution < 1.29 is 23.8 Å². The molecule has 0 fully saturated rings. The minimum Gasteiger partial charge on any atom is -0.492 e. The number of hydrogen-bond acceptors (Lipinski definition) is 5. The molecule has 2 aliphatic carbocycles. The van der Waals surface area contributed by atoms with Crippen LogP contribution in [0.3, 0.4) is 0 Å². The lowest BCUT2D eigenvalue weighted by molar-refractivity contribution is 0.0502. The summed E-state index contributed by atoms with van der Waals surface area (Å²) in [5, 5.41) is 0. The van der Waals surface area contributed by atoms with Crippen molar-refractivity contribution in [2.45, 2.75) is 27.2 Å². The molecule has 0 heterocycles. The van der Waals surface area contributed by atoms with Crippen LogP contribution in [0.5, 0.6) is 5.75 Å². The van der Waals surface area contributed by atoms with Crippen molar-refractivity contribution in [1.29, 1.82) is 0 Å². The lowest BCUT2D eigenvalue weighted by Crippen LogP contribution is -2.10. The molecule has 5 nitrogen and oxygen atoms in total. The molecule has 134 valence electrons. The van der Waals surface area contributed by atoms with E-state index in [4.69, 9.17) is 14.2 Å². The zero-order valence-electron chi connectivity index (χ0n) is 14.6. The largest absolute Gasteiger partial charge is 0.492 e. The first-order valence-corrected chi connectivity index (χ1v) is 9.06. The summed E-state index contributed by atoms with van der Waals surface area (Å²) in [6.45, 7) is 6.28. The smallest absolute Gasteiger partial charge is 0.342 e. The molecule has 0 aromatic rings. The van der Waals surface area contributed by atoms with E-state index in [1.807, 2.05) is 13.0 Å². The lowest BCUT2D eigenvalue weighted by Gasteiger charge is -2.09. The quantitative estimate of drug-likeness (QED) is 0.621. The average molecular weight is 409 g/mol. The number of esters is 2. The predicted molar refractivity (Wildman–Crippen MR) is 98.5 cm³/mol. The molecule has 0 bridgehead atoms. The van der Waals surface area contributed by atoms with Gasteiger partial charge >= 0.3 is 11.9 Å². The molecular formula is C19H21BrO5. The molecule has 0 atom stereocenters. The van der Waals surface area contributed by atoms with Gasteiger partial charge in [-0.1, -0.05) is 35.0 Å². The van der Waals surface area contributed by atoms with Crippen molar-refractivity contribution in [3.05, 3.63) is 39.9 Å². The summed E-state index contributed by atoms with van der Waals surface area (Å²) >= 11 is 3.43. The van der Waals surface area contributed by atoms with E-state index in [9.17, 15) is 9.59 Å². The number of fused-ring (bicyclic) bond motifs is 1. The van der Waals surface area contributed by atoms with Crippen molar-refractivity contribution in [2.24, 2.45) is 0 Å². The summed E-state index contributed by atoms with van der Waals surface area (Å²) in [5.41, 5.74) is 1.69. The Kier molecular flexibility index (Phi) is 6.82. The van der Waals surface area contributed by atoms with E-state index in [0.717, 1.165) is 4.47 Å². The van der Waals surface area contributed by atoms with E-state index in [-0.39, 0.29) is 23.5 Å². The van der Waals surface area contributed by atoms with Gasteiger partial charge in [-0.25, -0.2) is 9.59 Å². The molecule has 0 spiro atoms. The number of rotatable bonds is 7. The Morgan fingerprint density at radius 3 is 2.28 bits per heavy atom. The predicted octanol–water partition coefficient (Wildman–Crippen LogP) is 4.70. The van der Waals surface area contributed by atoms with Crippen molar-refractivity contribution >= 4 is 27.9 Å². The second-order valence-corrected chi connectivity index (χ2v) is 6.17. The van der Waals surface area contributed by atoms with E-state index in [2.05, 4.69) is 15.9 Å². The highest BCUT2D eigenvalue weighted by Gasteiger charge is 2.33. The van der Waals surface area contributed by atoms with Crippen LogP contribution in [0.25, 0.3) is 11.1 Å². The SMILES string of the molecule is CCCOC(=O)c1c2cc(Br)cccc-2c(C(=O)OCC)c1OCC. The van der Waals surface area contributed by atoms with Crippen molar-refractivity contribution in [3.8, 4) is 16.9 Å². The van der Waals surface area contributed by atoms with Crippen LogP contribution in [0.1, 0.15) is 47.9 Å². The lowest BCUT2D eigenvalue weighted by atomic mass is 10.1. The number of carbonyl (C=O) groups excluding carboxylic acids is 2. The third-order valence-electron chi connectivity index (χ3n) is 3.49. The van der Waals surface area contributed by atoms with Crippen LogP contribution in [0.15, 0.2) is 28.7 Å². The van der Waals surface area contributed by atoms with Gasteiger partial charge in [-0.2, -0.15) is 0 Å². The Bertz CT molecular complexity index is 741. The third-order valence-corrected chi connectivity index (χ3v) is 3.99. The molecule has 2 aliphatic rings. The average Bonchev–Trinajstić information content (AvgIpc) is 2.73. The molecule has 0 amide bonds. The van der Waals surface area contributed by atoms with Crippen LogP contribution < -0.4 is 4.74 Å². The van der Waals surface area contributed by atoms with Crippen molar-refractivity contribution in [2.75, 3.05) is 19.8 Å². The van der Waals surface area contributed by atoms with Gasteiger partial charge < -0.3 is 14.2 Å². The summed E-state index contributed by atoms with van der Waals surface area (Å²) in [6, 6.07) is 7.18. The van der Waals surface area contributed by atoms with Gasteiger partial charge in [0.1, 0.15) is 16.9 Å². The van der Waals surface area contributed by atoms with Gasteiger partial charge in [0.2, 0.25) is 0 Å². The Morgan fingerprint density at radius 2 is 1.64 bits per heavy atom. The second-order valence-electron chi connectivity index (χ2n) is 5.25. The van der Waals surface area contributed by atoms with E-state index in [1.165, 1.54) is 0 Å². The third kappa shape index (κ3) is 4.12. The van der Waals surface area contributed by atoms with Crippen molar-refractivity contribution in [1.82, 2.24) is 0 Å². The Morgan fingerprint density at radius 1 is 0.960 bits per heavy atom. The highest BCUT2D eigenvalue weighted by molar-refractivity contribution is 9.10. The first-order valence-electron chi connectivity index (χ1n) is 8.27. The highest BCUT2D eigenvalue weighted by atomic mass is 79.9. The molecular weight excluding hydrogens is 388 g/mol. The van der Waals surface area contributed by atoms with Crippen LogP contribution in [-0.2, 0) is 9.47 Å². The Labute approximate surface area is 155 Å². The Hall–Kier alpha value is -2.08. The summed E-state index contributed by atoms with van der Waals surface area (Å²) in [5.74, 6) is -0.813. The Balaban J connectivity index is 2.75. The molecule has 0 N–H and O–H groups in total. The summed E-state index contributed by atoms with van der Waals surface area (Å²) in [4.78, 5) is 25.2. The van der Waals surface area contributed by atoms with Crippen LogP contribution in [0.4, 0.5) is 0 Å². The van der Waals surface area contributed by atoms with Gasteiger partial charge in [-0.3, -0.25) is 0 Å². The summed E-state index contributed by atoms with van der Waals surface area (Å²) < 4.78 is 16.9. The maximum atomic E-state index is 12.7. The van der Waals surface area contributed by atoms with Gasteiger partial charge in [0.05, 0.1) is 19.8 Å². The molecule has 0 saturated heterocycles. The molecule has 25 heavy (non-hydrogen) atoms. The fourth-order valence-corrected chi connectivity index (χ4v) is 2.93. The molecule has 0 aromatic carbocycles. The fraction of sp³-hybridized carbons (Fsp3) is 0.368. The van der Waals surface area contributed by atoms with Crippen LogP contribution in [0, 0.1) is 0 Å². The van der Waals surface area contributed by atoms with E-state index in [0.29, 0.717) is 30.8 Å². The van der Waals surface area contributed by atoms with Gasteiger partial charge in [-0.05, 0) is 32.4 Å². The van der Waals surface area contributed by atoms with E-state index >= 15 is 0 Å². The molecule has 0 radical (unpaired) electrons. The maximum Gasteiger partial charge on any atom is 0.342 e. The van der Waals surface area contributed by atoms with Gasteiger partial charge in [0, 0.05) is 15.6 Å². The van der Waals surface area contributed by atoms with Crippen molar-refractivity contribution in [3.63, 3.8) is 0 Å².